The summed E-state index contributed by atoms with van der Waals surface area (Å²) in [4.78, 5) is 37.3. The molecule has 1 saturated carbocycles. The Morgan fingerprint density at radius 2 is 2.03 bits per heavy atom. The minimum atomic E-state index is -1.50. The first-order valence-electron chi connectivity index (χ1n) is 9.70. The molecule has 0 radical (unpaired) electrons. The zero-order valence-electron chi connectivity index (χ0n) is 16.6. The van der Waals surface area contributed by atoms with Crippen molar-refractivity contribution in [3.8, 4) is 5.88 Å². The number of nitrogens with zero attached hydrogens (tertiary/aromatic N) is 4. The summed E-state index contributed by atoms with van der Waals surface area (Å²) in [5, 5.41) is 16.7. The fourth-order valence-corrected chi connectivity index (χ4v) is 3.16. The molecule has 0 spiro atoms. The molecule has 33 heavy (non-hydrogen) atoms. The van der Waals surface area contributed by atoms with Crippen LogP contribution in [-0.2, 0) is 0 Å². The quantitative estimate of drug-likeness (QED) is 0.335. The third-order valence-electron chi connectivity index (χ3n) is 4.86. The van der Waals surface area contributed by atoms with Crippen LogP contribution in [-0.4, -0.2) is 41.6 Å². The van der Waals surface area contributed by atoms with Crippen LogP contribution in [0.5, 0.6) is 5.88 Å². The van der Waals surface area contributed by atoms with Gasteiger partial charge in [-0.1, -0.05) is 0 Å². The normalized spacial score (nSPS) is 14.9. The summed E-state index contributed by atoms with van der Waals surface area (Å²) in [5.74, 6) is -5.69. The number of fused-ring (bicyclic) bond motifs is 1. The fraction of sp³-hybridized carbons (Fsp3) is 0.150. The van der Waals surface area contributed by atoms with E-state index in [1.807, 2.05) is 0 Å². The van der Waals surface area contributed by atoms with Crippen LogP contribution in [0.1, 0.15) is 28.9 Å². The maximum absolute atomic E-state index is 14.0. The monoisotopic (exact) mass is 457 g/mol. The van der Waals surface area contributed by atoms with Gasteiger partial charge in [-0.2, -0.15) is 9.61 Å². The zero-order valence-corrected chi connectivity index (χ0v) is 16.6. The van der Waals surface area contributed by atoms with Gasteiger partial charge in [0.15, 0.2) is 22.8 Å². The van der Waals surface area contributed by atoms with Gasteiger partial charge in [0.25, 0.3) is 5.91 Å². The molecule has 4 aromatic rings. The Morgan fingerprint density at radius 3 is 2.73 bits per heavy atom. The molecule has 0 unspecified atom stereocenters. The molecule has 0 atom stereocenters. The molecule has 1 aliphatic carbocycles. The van der Waals surface area contributed by atoms with E-state index in [-0.39, 0.29) is 23.2 Å². The highest BCUT2D eigenvalue weighted by Crippen LogP contribution is 2.22. The Labute approximate surface area is 181 Å². The lowest BCUT2D eigenvalue weighted by molar-refractivity contribution is 0.102. The van der Waals surface area contributed by atoms with Crippen molar-refractivity contribution in [1.29, 1.82) is 0 Å². The molecular formula is C20H14F3N7O3. The summed E-state index contributed by atoms with van der Waals surface area (Å²) in [6, 6.07) is 2.36. The van der Waals surface area contributed by atoms with Gasteiger partial charge in [0.1, 0.15) is 17.3 Å². The standard InChI is InChI=1S/C20H14F3N7O3/c21-9-4-11(16(23)12(22)5-9)18(31)28-14-6-15(25-10-1-2-10)30-17(27-14)8(7-24-30)3-13-19(32)29-20(33)26-13/h3-7,10,32H,1-2H2,(H,28,31)(H2,26,29,33)/b8-3-,25-15?. The number of halogens is 3. The summed E-state index contributed by atoms with van der Waals surface area (Å²) in [6.45, 7) is 0. The molecule has 10 nitrogen and oxygen atoms in total. The zero-order chi connectivity index (χ0) is 23.3. The second-order valence-corrected chi connectivity index (χ2v) is 7.38. The predicted molar refractivity (Wildman–Crippen MR) is 108 cm³/mol. The van der Waals surface area contributed by atoms with Crippen LogP contribution >= 0.6 is 0 Å². The van der Waals surface area contributed by atoms with E-state index in [0.29, 0.717) is 22.8 Å². The van der Waals surface area contributed by atoms with E-state index < -0.39 is 40.5 Å². The maximum Gasteiger partial charge on any atom is 0.326 e. The Balaban J connectivity index is 1.63. The summed E-state index contributed by atoms with van der Waals surface area (Å²) in [6.07, 6.45) is 4.55. The van der Waals surface area contributed by atoms with Crippen molar-refractivity contribution in [3.05, 3.63) is 74.3 Å². The average molecular weight is 457 g/mol. The van der Waals surface area contributed by atoms with Crippen molar-refractivity contribution in [1.82, 2.24) is 24.6 Å². The molecule has 4 N–H and O–H groups in total. The summed E-state index contributed by atoms with van der Waals surface area (Å²) in [5.41, 5.74) is -0.853. The molecule has 1 aromatic carbocycles. The van der Waals surface area contributed by atoms with Crippen LogP contribution in [0.25, 0.3) is 11.7 Å². The summed E-state index contributed by atoms with van der Waals surface area (Å²) < 4.78 is 42.4. The number of hydrogen-bond acceptors (Lipinski definition) is 6. The fourth-order valence-electron chi connectivity index (χ4n) is 3.16. The Kier molecular flexibility index (Phi) is 4.73. The van der Waals surface area contributed by atoms with Gasteiger partial charge in [-0.25, -0.2) is 22.9 Å². The molecule has 0 saturated heterocycles. The number of amides is 1. The number of rotatable bonds is 4. The van der Waals surface area contributed by atoms with Gasteiger partial charge in [-0.15, -0.1) is 0 Å². The van der Waals surface area contributed by atoms with E-state index in [4.69, 9.17) is 0 Å². The molecule has 3 heterocycles. The van der Waals surface area contributed by atoms with Crippen molar-refractivity contribution in [2.45, 2.75) is 18.9 Å². The first-order chi connectivity index (χ1) is 15.8. The van der Waals surface area contributed by atoms with Crippen LogP contribution in [0, 0.1) is 17.5 Å². The van der Waals surface area contributed by atoms with Gasteiger partial charge in [0.05, 0.1) is 17.8 Å². The van der Waals surface area contributed by atoms with Crippen molar-refractivity contribution in [2.75, 3.05) is 5.32 Å². The minimum Gasteiger partial charge on any atom is -0.493 e. The van der Waals surface area contributed by atoms with Crippen LogP contribution in [0.4, 0.5) is 19.0 Å². The highest BCUT2D eigenvalue weighted by Gasteiger charge is 2.21. The second kappa shape index (κ2) is 7.62. The number of anilines is 1. The number of nitrogens with one attached hydrogen (secondary N) is 3. The van der Waals surface area contributed by atoms with Crippen molar-refractivity contribution >= 4 is 23.4 Å². The third kappa shape index (κ3) is 3.95. The van der Waals surface area contributed by atoms with E-state index in [0.717, 1.165) is 12.8 Å². The number of aromatic nitrogens is 5. The first kappa shape index (κ1) is 20.5. The number of aromatic amines is 2. The smallest absolute Gasteiger partial charge is 0.326 e. The van der Waals surface area contributed by atoms with Gasteiger partial charge in [0.2, 0.25) is 5.88 Å². The van der Waals surface area contributed by atoms with E-state index in [1.165, 1.54) is 22.9 Å². The number of carbonyl (C=O) groups excluding carboxylic acids is 1. The third-order valence-corrected chi connectivity index (χ3v) is 4.86. The molecule has 1 aliphatic rings. The predicted octanol–water partition coefficient (Wildman–Crippen LogP) is 0.732. The molecule has 1 fully saturated rings. The van der Waals surface area contributed by atoms with Crippen LogP contribution in [0.3, 0.4) is 0 Å². The number of benzene rings is 1. The lowest BCUT2D eigenvalue weighted by atomic mass is 10.2. The highest BCUT2D eigenvalue weighted by molar-refractivity contribution is 6.04. The van der Waals surface area contributed by atoms with E-state index in [1.54, 1.807) is 0 Å². The van der Waals surface area contributed by atoms with Crippen LogP contribution in [0.2, 0.25) is 0 Å². The Morgan fingerprint density at radius 1 is 1.24 bits per heavy atom. The average Bonchev–Trinajstić information content (AvgIpc) is 3.39. The number of H-pyrrole nitrogens is 2. The van der Waals surface area contributed by atoms with Crippen molar-refractivity contribution < 1.29 is 23.1 Å². The number of imidazole rings is 1. The van der Waals surface area contributed by atoms with E-state index in [9.17, 15) is 27.9 Å². The van der Waals surface area contributed by atoms with Gasteiger partial charge in [0, 0.05) is 17.4 Å². The van der Waals surface area contributed by atoms with Crippen LogP contribution < -0.4 is 21.7 Å². The lowest BCUT2D eigenvalue weighted by Gasteiger charge is -2.07. The van der Waals surface area contributed by atoms with E-state index >= 15 is 0 Å². The molecule has 1 amide bonds. The summed E-state index contributed by atoms with van der Waals surface area (Å²) in [7, 11) is 0. The lowest BCUT2D eigenvalue weighted by Crippen LogP contribution is -2.23. The molecule has 0 aliphatic heterocycles. The second-order valence-electron chi connectivity index (χ2n) is 7.38. The molecule has 5 rings (SSSR count). The molecule has 13 heteroatoms. The van der Waals surface area contributed by atoms with E-state index in [2.05, 4.69) is 30.4 Å². The minimum absolute atomic E-state index is 0.0654. The number of carbonyl (C=O) groups is 1. The largest absolute Gasteiger partial charge is 0.493 e. The van der Waals surface area contributed by atoms with Crippen molar-refractivity contribution in [2.24, 2.45) is 4.99 Å². The highest BCUT2D eigenvalue weighted by atomic mass is 19.2. The molecule has 3 aromatic heterocycles. The Bertz CT molecular complexity index is 1600. The molecule has 168 valence electrons. The van der Waals surface area contributed by atoms with Gasteiger partial charge in [-0.05, 0) is 25.0 Å². The van der Waals surface area contributed by atoms with Gasteiger partial charge in [-0.3, -0.25) is 14.8 Å². The maximum atomic E-state index is 14.0. The molecule has 0 bridgehead atoms. The first-order valence-corrected chi connectivity index (χ1v) is 9.70. The SMILES string of the molecule is O=C(Nc1cc(=NC2CC2)n2nc/c(=C/c3[nH]c(=O)[nH]c3O)c2n1)c1cc(F)cc(F)c1F. The van der Waals surface area contributed by atoms with Gasteiger partial charge >= 0.3 is 5.69 Å². The van der Waals surface area contributed by atoms with Crippen molar-refractivity contribution in [3.63, 3.8) is 0 Å². The Hall–Kier alpha value is -4.42. The number of hydrogen-bond donors (Lipinski definition) is 4. The van der Waals surface area contributed by atoms with Gasteiger partial charge < -0.3 is 15.4 Å². The topological polar surface area (TPSA) is 141 Å². The van der Waals surface area contributed by atoms with Crippen LogP contribution in [0.15, 0.2) is 34.2 Å². The number of aromatic hydroxyl groups is 1. The summed E-state index contributed by atoms with van der Waals surface area (Å²) >= 11 is 0. The molecular weight excluding hydrogens is 443 g/mol.